The van der Waals surface area contributed by atoms with Gasteiger partial charge in [0, 0.05) is 23.7 Å². The van der Waals surface area contributed by atoms with Crippen molar-refractivity contribution in [1.82, 2.24) is 34.3 Å². The van der Waals surface area contributed by atoms with Crippen molar-refractivity contribution in [1.29, 1.82) is 0 Å². The quantitative estimate of drug-likeness (QED) is 0.456. The smallest absolute Gasteiger partial charge is 0.274 e. The number of hydrogen-bond acceptors (Lipinski definition) is 8. The molecular formula is C19H22N8OS2. The molecule has 0 radical (unpaired) electrons. The van der Waals surface area contributed by atoms with E-state index in [2.05, 4.69) is 38.3 Å². The molecule has 30 heavy (non-hydrogen) atoms. The minimum absolute atomic E-state index is 0.159. The molecule has 4 aromatic rings. The molecule has 9 nitrogen and oxygen atoms in total. The number of nitrogens with two attached hydrogens (primary N) is 1. The van der Waals surface area contributed by atoms with Crippen LogP contribution in [0.3, 0.4) is 0 Å². The van der Waals surface area contributed by atoms with Gasteiger partial charge in [-0.25, -0.2) is 4.98 Å². The van der Waals surface area contributed by atoms with E-state index in [0.29, 0.717) is 11.4 Å². The number of anilines is 1. The van der Waals surface area contributed by atoms with E-state index in [0.717, 1.165) is 16.9 Å². The molecule has 11 heteroatoms. The number of nitrogens with one attached hydrogen (secondary N) is 1. The summed E-state index contributed by atoms with van der Waals surface area (Å²) < 4.78 is 3.24. The van der Waals surface area contributed by atoms with Crippen molar-refractivity contribution < 1.29 is 0 Å². The molecule has 1 aliphatic rings. The maximum Gasteiger partial charge on any atom is 0.274 e. The van der Waals surface area contributed by atoms with Gasteiger partial charge in [0.05, 0.1) is 10.6 Å². The molecule has 5 rings (SSSR count). The predicted molar refractivity (Wildman–Crippen MR) is 118 cm³/mol. The molecule has 0 aliphatic heterocycles. The second-order valence-electron chi connectivity index (χ2n) is 7.56. The van der Waals surface area contributed by atoms with Crippen LogP contribution in [0.2, 0.25) is 0 Å². The van der Waals surface area contributed by atoms with Crippen molar-refractivity contribution in [2.45, 2.75) is 43.5 Å². The molecule has 0 amide bonds. The minimum atomic E-state index is -0.243. The van der Waals surface area contributed by atoms with E-state index in [-0.39, 0.29) is 17.3 Å². The van der Waals surface area contributed by atoms with Crippen LogP contribution in [0.25, 0.3) is 16.5 Å². The van der Waals surface area contributed by atoms with Gasteiger partial charge in [-0.05, 0) is 36.8 Å². The van der Waals surface area contributed by atoms with Gasteiger partial charge in [0.15, 0.2) is 11.0 Å². The predicted octanol–water partition coefficient (Wildman–Crippen LogP) is 2.66. The Morgan fingerprint density at radius 2 is 2.20 bits per heavy atom. The highest BCUT2D eigenvalue weighted by Crippen LogP contribution is 2.38. The second-order valence-corrected chi connectivity index (χ2v) is 9.64. The Morgan fingerprint density at radius 1 is 1.33 bits per heavy atom. The summed E-state index contributed by atoms with van der Waals surface area (Å²) in [5.74, 6) is 2.59. The van der Waals surface area contributed by atoms with Crippen molar-refractivity contribution in [3.8, 4) is 10.7 Å². The van der Waals surface area contributed by atoms with Gasteiger partial charge < -0.3 is 10.3 Å². The number of H-pyrrole nitrogens is 1. The highest BCUT2D eigenvalue weighted by atomic mass is 32.2. The number of aromatic nitrogens is 7. The Balaban J connectivity index is 1.36. The fourth-order valence-electron chi connectivity index (χ4n) is 3.87. The summed E-state index contributed by atoms with van der Waals surface area (Å²) in [5, 5.41) is 12.2. The lowest BCUT2D eigenvalue weighted by atomic mass is 9.87. The molecule has 3 N–H and O–H groups in total. The molecule has 0 saturated carbocycles. The third-order valence-corrected chi connectivity index (χ3v) is 7.85. The molecule has 0 unspecified atom stereocenters. The van der Waals surface area contributed by atoms with Crippen LogP contribution in [-0.4, -0.2) is 34.3 Å². The number of rotatable bonds is 5. The van der Waals surface area contributed by atoms with Gasteiger partial charge in [-0.2, -0.15) is 9.50 Å². The summed E-state index contributed by atoms with van der Waals surface area (Å²) in [7, 11) is 1.98. The summed E-state index contributed by atoms with van der Waals surface area (Å²) in [4.78, 5) is 23.3. The van der Waals surface area contributed by atoms with Crippen LogP contribution in [0.4, 0.5) is 5.95 Å². The average molecular weight is 443 g/mol. The summed E-state index contributed by atoms with van der Waals surface area (Å²) in [5.41, 5.74) is 7.47. The van der Waals surface area contributed by atoms with E-state index in [1.165, 1.54) is 63.3 Å². The molecule has 0 bridgehead atoms. The van der Waals surface area contributed by atoms with Crippen molar-refractivity contribution in [2.24, 2.45) is 13.0 Å². The van der Waals surface area contributed by atoms with Crippen LogP contribution in [0.1, 0.15) is 35.9 Å². The highest BCUT2D eigenvalue weighted by molar-refractivity contribution is 7.98. The number of thiophene rings is 1. The van der Waals surface area contributed by atoms with Crippen LogP contribution in [0.5, 0.6) is 0 Å². The second kappa shape index (κ2) is 7.55. The van der Waals surface area contributed by atoms with E-state index in [4.69, 9.17) is 5.73 Å². The Morgan fingerprint density at radius 3 is 3.03 bits per heavy atom. The fourth-order valence-corrected chi connectivity index (χ4v) is 5.90. The SMILES string of the molecule is CC[C@@H]1CCc2sc(-c3nnc(SCc4cc(=O)n5[nH]c(N)nc5n4)n3C)cc2C1. The molecular weight excluding hydrogens is 420 g/mol. The summed E-state index contributed by atoms with van der Waals surface area (Å²) >= 11 is 3.33. The molecule has 1 atom stereocenters. The molecule has 0 fully saturated rings. The number of hydrogen-bond donors (Lipinski definition) is 2. The zero-order valence-electron chi connectivity index (χ0n) is 16.8. The van der Waals surface area contributed by atoms with Gasteiger partial charge in [0.2, 0.25) is 5.95 Å². The lowest BCUT2D eigenvalue weighted by molar-refractivity contribution is 0.449. The normalized spacial score (nSPS) is 16.3. The third-order valence-electron chi connectivity index (χ3n) is 5.57. The number of thioether (sulfide) groups is 1. The van der Waals surface area contributed by atoms with Crippen LogP contribution in [-0.2, 0) is 25.6 Å². The Kier molecular flexibility index (Phi) is 4.86. The summed E-state index contributed by atoms with van der Waals surface area (Å²) in [6, 6.07) is 3.77. The van der Waals surface area contributed by atoms with Crippen molar-refractivity contribution in [3.05, 3.63) is 38.6 Å². The molecule has 0 saturated heterocycles. The minimum Gasteiger partial charge on any atom is -0.368 e. The number of fused-ring (bicyclic) bond motifs is 2. The zero-order chi connectivity index (χ0) is 20.8. The first-order chi connectivity index (χ1) is 14.5. The topological polar surface area (TPSA) is 120 Å². The Labute approximate surface area is 180 Å². The molecule has 0 aromatic carbocycles. The van der Waals surface area contributed by atoms with Crippen LogP contribution in [0.15, 0.2) is 22.1 Å². The largest absolute Gasteiger partial charge is 0.368 e. The van der Waals surface area contributed by atoms with E-state index in [1.807, 2.05) is 23.0 Å². The van der Waals surface area contributed by atoms with Gasteiger partial charge in [-0.15, -0.1) is 21.5 Å². The molecule has 0 spiro atoms. The van der Waals surface area contributed by atoms with E-state index in [1.54, 1.807) is 0 Å². The molecule has 1 aliphatic carbocycles. The fraction of sp³-hybridized carbons (Fsp3) is 0.421. The first kappa shape index (κ1) is 19.3. The maximum absolute atomic E-state index is 12.2. The average Bonchev–Trinajstić information content (AvgIpc) is 3.41. The van der Waals surface area contributed by atoms with E-state index >= 15 is 0 Å². The summed E-state index contributed by atoms with van der Waals surface area (Å²) in [6.07, 6.45) is 4.86. The van der Waals surface area contributed by atoms with Gasteiger partial charge >= 0.3 is 0 Å². The number of aromatic amines is 1. The lowest BCUT2D eigenvalue weighted by Gasteiger charge is -2.19. The van der Waals surface area contributed by atoms with Gasteiger partial charge in [0.1, 0.15) is 0 Å². The maximum atomic E-state index is 12.2. The van der Waals surface area contributed by atoms with E-state index < -0.39 is 0 Å². The van der Waals surface area contributed by atoms with E-state index in [9.17, 15) is 4.79 Å². The standard InChI is InChI=1S/C19H22N8OS2/c1-3-10-4-5-13-11(6-10)7-14(30-13)16-23-24-19(26(16)2)29-9-12-8-15(28)27-18(21-12)22-17(20)25-27/h7-8,10H,3-6,9H2,1-2H3,(H3,20,21,22,25)/t10-/m1/s1. The number of aryl methyl sites for hydroxylation is 1. The van der Waals surface area contributed by atoms with Crippen molar-refractivity contribution >= 4 is 34.8 Å². The van der Waals surface area contributed by atoms with Crippen molar-refractivity contribution in [3.63, 3.8) is 0 Å². The first-order valence-corrected chi connectivity index (χ1v) is 11.7. The third kappa shape index (κ3) is 3.41. The van der Waals surface area contributed by atoms with Crippen LogP contribution < -0.4 is 11.3 Å². The van der Waals surface area contributed by atoms with Gasteiger partial charge in [0.25, 0.3) is 11.3 Å². The summed E-state index contributed by atoms with van der Waals surface area (Å²) in [6.45, 7) is 2.28. The highest BCUT2D eigenvalue weighted by Gasteiger charge is 2.22. The first-order valence-electron chi connectivity index (χ1n) is 9.90. The van der Waals surface area contributed by atoms with Gasteiger partial charge in [-0.3, -0.25) is 9.89 Å². The molecule has 4 heterocycles. The lowest BCUT2D eigenvalue weighted by Crippen LogP contribution is -2.15. The molecule has 4 aromatic heterocycles. The Bertz CT molecular complexity index is 1280. The monoisotopic (exact) mass is 442 g/mol. The van der Waals surface area contributed by atoms with Gasteiger partial charge in [-0.1, -0.05) is 25.1 Å². The zero-order valence-corrected chi connectivity index (χ0v) is 18.4. The molecule has 156 valence electrons. The number of nitrogens with zero attached hydrogens (tertiary/aromatic N) is 6. The van der Waals surface area contributed by atoms with Crippen LogP contribution >= 0.6 is 23.1 Å². The van der Waals surface area contributed by atoms with Crippen molar-refractivity contribution in [2.75, 3.05) is 5.73 Å². The van der Waals surface area contributed by atoms with Crippen LogP contribution in [0, 0.1) is 5.92 Å². The Hall–Kier alpha value is -2.66. The number of nitrogen functional groups attached to an aromatic ring is 1.